The molecule has 0 aromatic heterocycles. The molecule has 1 amide bonds. The molecule has 18 heavy (non-hydrogen) atoms. The van der Waals surface area contributed by atoms with E-state index in [0.29, 0.717) is 28.5 Å². The van der Waals surface area contributed by atoms with Crippen LogP contribution in [-0.2, 0) is 0 Å². The van der Waals surface area contributed by atoms with Crippen molar-refractivity contribution in [3.8, 4) is 0 Å². The van der Waals surface area contributed by atoms with Crippen LogP contribution in [0.3, 0.4) is 0 Å². The molecule has 0 aliphatic carbocycles. The predicted molar refractivity (Wildman–Crippen MR) is 74.3 cm³/mol. The number of halogens is 2. The molecule has 0 heterocycles. The average Bonchev–Trinajstić information content (AvgIpc) is 2.38. The van der Waals surface area contributed by atoms with E-state index in [1.54, 1.807) is 12.1 Å². The minimum absolute atomic E-state index is 0.221. The Hall–Kier alpha value is -0.770. The third-order valence-corrected chi connectivity index (χ3v) is 3.82. The molecule has 0 bridgehead atoms. The Kier molecular flexibility index (Phi) is 5.45. The zero-order valence-electron chi connectivity index (χ0n) is 10.5. The van der Waals surface area contributed by atoms with E-state index in [-0.39, 0.29) is 12.5 Å². The Morgan fingerprint density at radius 3 is 2.39 bits per heavy atom. The largest absolute Gasteiger partial charge is 0.388 e. The molecule has 0 aliphatic heterocycles. The fraction of sp³-hybridized carbons (Fsp3) is 0.462. The summed E-state index contributed by atoms with van der Waals surface area (Å²) in [7, 11) is 0. The molecule has 1 aromatic rings. The van der Waals surface area contributed by atoms with Gasteiger partial charge in [0, 0.05) is 12.1 Å². The second-order valence-corrected chi connectivity index (χ2v) is 5.06. The molecule has 0 atom stereocenters. The van der Waals surface area contributed by atoms with Crippen LogP contribution in [0.25, 0.3) is 0 Å². The van der Waals surface area contributed by atoms with E-state index in [1.807, 2.05) is 13.8 Å². The first-order valence-corrected chi connectivity index (χ1v) is 6.63. The van der Waals surface area contributed by atoms with E-state index in [1.165, 1.54) is 6.07 Å². The number of carbonyl (C=O) groups excluding carboxylic acids is 1. The summed E-state index contributed by atoms with van der Waals surface area (Å²) in [6.07, 6.45) is 1.18. The van der Waals surface area contributed by atoms with Crippen LogP contribution >= 0.6 is 23.2 Å². The summed E-state index contributed by atoms with van der Waals surface area (Å²) in [6, 6.07) is 4.68. The van der Waals surface area contributed by atoms with Crippen LogP contribution in [0.2, 0.25) is 10.0 Å². The fourth-order valence-corrected chi connectivity index (χ4v) is 1.78. The van der Waals surface area contributed by atoms with Crippen molar-refractivity contribution in [3.63, 3.8) is 0 Å². The molecule has 0 radical (unpaired) electrons. The SMILES string of the molecule is CCC(O)(CC)CNC(=O)c1ccc(Cl)c(Cl)c1. The van der Waals surface area contributed by atoms with Gasteiger partial charge in [0.25, 0.3) is 5.91 Å². The molecule has 0 saturated carbocycles. The molecule has 100 valence electrons. The van der Waals surface area contributed by atoms with Crippen LogP contribution in [0.4, 0.5) is 0 Å². The topological polar surface area (TPSA) is 49.3 Å². The van der Waals surface area contributed by atoms with E-state index in [0.717, 1.165) is 0 Å². The number of amides is 1. The molecule has 3 nitrogen and oxygen atoms in total. The molecule has 0 spiro atoms. The van der Waals surface area contributed by atoms with E-state index < -0.39 is 5.60 Å². The average molecular weight is 290 g/mol. The minimum atomic E-state index is -0.855. The highest BCUT2D eigenvalue weighted by molar-refractivity contribution is 6.42. The fourth-order valence-electron chi connectivity index (χ4n) is 1.48. The first-order chi connectivity index (χ1) is 8.41. The summed E-state index contributed by atoms with van der Waals surface area (Å²) >= 11 is 11.6. The van der Waals surface area contributed by atoms with Crippen molar-refractivity contribution >= 4 is 29.1 Å². The lowest BCUT2D eigenvalue weighted by Crippen LogP contribution is -2.42. The highest BCUT2D eigenvalue weighted by atomic mass is 35.5. The Labute approximate surface area is 117 Å². The zero-order chi connectivity index (χ0) is 13.8. The van der Waals surface area contributed by atoms with Crippen molar-refractivity contribution in [1.29, 1.82) is 0 Å². The molecule has 0 aliphatic rings. The Morgan fingerprint density at radius 2 is 1.89 bits per heavy atom. The normalized spacial score (nSPS) is 11.4. The summed E-state index contributed by atoms with van der Waals surface area (Å²) in [4.78, 5) is 11.9. The third kappa shape index (κ3) is 3.87. The van der Waals surface area contributed by atoms with Crippen molar-refractivity contribution in [2.24, 2.45) is 0 Å². The predicted octanol–water partition coefficient (Wildman–Crippen LogP) is 3.27. The minimum Gasteiger partial charge on any atom is -0.388 e. The molecular formula is C13H17Cl2NO2. The second kappa shape index (κ2) is 6.41. The van der Waals surface area contributed by atoms with Gasteiger partial charge in [-0.15, -0.1) is 0 Å². The maximum absolute atomic E-state index is 11.9. The van der Waals surface area contributed by atoms with Gasteiger partial charge in [-0.05, 0) is 31.0 Å². The van der Waals surface area contributed by atoms with Crippen molar-refractivity contribution in [2.75, 3.05) is 6.54 Å². The van der Waals surface area contributed by atoms with Gasteiger partial charge in [-0.2, -0.15) is 0 Å². The number of carbonyl (C=O) groups is 1. The number of aliphatic hydroxyl groups is 1. The highest BCUT2D eigenvalue weighted by Crippen LogP contribution is 2.22. The lowest BCUT2D eigenvalue weighted by Gasteiger charge is -2.25. The quantitative estimate of drug-likeness (QED) is 0.874. The standard InChI is InChI=1S/C13H17Cl2NO2/c1-3-13(18,4-2)8-16-12(17)9-5-6-10(14)11(15)7-9/h5-7,18H,3-4,8H2,1-2H3,(H,16,17). The van der Waals surface area contributed by atoms with Gasteiger partial charge in [0.2, 0.25) is 0 Å². The van der Waals surface area contributed by atoms with Gasteiger partial charge in [-0.3, -0.25) is 4.79 Å². The number of nitrogens with one attached hydrogen (secondary N) is 1. The van der Waals surface area contributed by atoms with E-state index in [9.17, 15) is 9.90 Å². The summed E-state index contributed by atoms with van der Waals surface area (Å²) in [6.45, 7) is 3.99. The maximum Gasteiger partial charge on any atom is 0.251 e. The number of benzene rings is 1. The van der Waals surface area contributed by atoms with Crippen molar-refractivity contribution in [1.82, 2.24) is 5.32 Å². The number of rotatable bonds is 5. The van der Waals surface area contributed by atoms with Crippen LogP contribution in [0.15, 0.2) is 18.2 Å². The summed E-state index contributed by atoms with van der Waals surface area (Å²) < 4.78 is 0. The van der Waals surface area contributed by atoms with E-state index in [2.05, 4.69) is 5.32 Å². The Balaban J connectivity index is 2.68. The van der Waals surface area contributed by atoms with Crippen LogP contribution in [0.1, 0.15) is 37.0 Å². The number of hydrogen-bond acceptors (Lipinski definition) is 2. The van der Waals surface area contributed by atoms with Crippen LogP contribution in [0, 0.1) is 0 Å². The first kappa shape index (κ1) is 15.3. The molecular weight excluding hydrogens is 273 g/mol. The van der Waals surface area contributed by atoms with E-state index >= 15 is 0 Å². The highest BCUT2D eigenvalue weighted by Gasteiger charge is 2.23. The molecule has 5 heteroatoms. The summed E-state index contributed by atoms with van der Waals surface area (Å²) in [5.41, 5.74) is -0.426. The monoisotopic (exact) mass is 289 g/mol. The van der Waals surface area contributed by atoms with Gasteiger partial charge >= 0.3 is 0 Å². The second-order valence-electron chi connectivity index (χ2n) is 4.24. The van der Waals surface area contributed by atoms with Gasteiger partial charge in [0.15, 0.2) is 0 Å². The molecule has 0 unspecified atom stereocenters. The number of hydrogen-bond donors (Lipinski definition) is 2. The first-order valence-electron chi connectivity index (χ1n) is 5.87. The Morgan fingerprint density at radius 1 is 1.28 bits per heavy atom. The Bertz CT molecular complexity index is 431. The van der Waals surface area contributed by atoms with Gasteiger partial charge < -0.3 is 10.4 Å². The van der Waals surface area contributed by atoms with Crippen LogP contribution in [-0.4, -0.2) is 23.2 Å². The lowest BCUT2D eigenvalue weighted by molar-refractivity contribution is 0.0314. The van der Waals surface area contributed by atoms with E-state index in [4.69, 9.17) is 23.2 Å². The zero-order valence-corrected chi connectivity index (χ0v) is 12.0. The van der Waals surface area contributed by atoms with Crippen molar-refractivity contribution in [2.45, 2.75) is 32.3 Å². The van der Waals surface area contributed by atoms with Gasteiger partial charge in [0.05, 0.1) is 15.6 Å². The molecule has 2 N–H and O–H groups in total. The molecule has 1 aromatic carbocycles. The van der Waals surface area contributed by atoms with Crippen molar-refractivity contribution < 1.29 is 9.90 Å². The van der Waals surface area contributed by atoms with Gasteiger partial charge in [-0.1, -0.05) is 37.0 Å². The van der Waals surface area contributed by atoms with Crippen LogP contribution < -0.4 is 5.32 Å². The molecule has 1 rings (SSSR count). The third-order valence-electron chi connectivity index (χ3n) is 3.08. The van der Waals surface area contributed by atoms with Crippen molar-refractivity contribution in [3.05, 3.63) is 33.8 Å². The van der Waals surface area contributed by atoms with Gasteiger partial charge in [-0.25, -0.2) is 0 Å². The maximum atomic E-state index is 11.9. The lowest BCUT2D eigenvalue weighted by atomic mass is 9.97. The van der Waals surface area contributed by atoms with Gasteiger partial charge in [0.1, 0.15) is 0 Å². The smallest absolute Gasteiger partial charge is 0.251 e. The van der Waals surface area contributed by atoms with Crippen LogP contribution in [0.5, 0.6) is 0 Å². The molecule has 0 fully saturated rings. The summed E-state index contributed by atoms with van der Waals surface area (Å²) in [5, 5.41) is 13.5. The summed E-state index contributed by atoms with van der Waals surface area (Å²) in [5.74, 6) is -0.270. The molecule has 0 saturated heterocycles.